The van der Waals surface area contributed by atoms with Crippen LogP contribution >= 0.6 is 0 Å². The van der Waals surface area contributed by atoms with Gasteiger partial charge in [-0.15, -0.1) is 4.73 Å². The molecule has 0 aliphatic rings. The monoisotopic (exact) mass is 511 g/mol. The number of ketones is 1. The fourth-order valence-corrected chi connectivity index (χ4v) is 5.03. The van der Waals surface area contributed by atoms with Gasteiger partial charge in [-0.1, -0.05) is 35.5 Å². The first-order valence-electron chi connectivity index (χ1n) is 11.0. The van der Waals surface area contributed by atoms with Crippen LogP contribution in [0.4, 0.5) is 5.69 Å². The maximum Gasteiger partial charge on any atom is 0.338 e. The second-order valence-corrected chi connectivity index (χ2v) is 10.9. The molecule has 2 N–H and O–H groups in total. The molecule has 36 heavy (non-hydrogen) atoms. The van der Waals surface area contributed by atoms with Gasteiger partial charge in [-0.3, -0.25) is 9.52 Å². The quantitative estimate of drug-likeness (QED) is 0.370. The third-order valence-electron chi connectivity index (χ3n) is 5.44. The molecule has 2 aromatic carbocycles. The van der Waals surface area contributed by atoms with Crippen molar-refractivity contribution in [2.75, 3.05) is 4.72 Å². The van der Waals surface area contributed by atoms with E-state index in [4.69, 9.17) is 9.36 Å². The Morgan fingerprint density at radius 1 is 1.08 bits per heavy atom. The zero-order valence-corrected chi connectivity index (χ0v) is 21.1. The van der Waals surface area contributed by atoms with E-state index in [1.54, 1.807) is 51.1 Å². The second kappa shape index (κ2) is 8.83. The highest BCUT2D eigenvalue weighted by Gasteiger charge is 2.30. The lowest BCUT2D eigenvalue weighted by atomic mass is 9.98. The Labute approximate surface area is 207 Å². The molecule has 0 aliphatic heterocycles. The van der Waals surface area contributed by atoms with Crippen LogP contribution in [0.25, 0.3) is 10.9 Å². The van der Waals surface area contributed by atoms with E-state index in [1.807, 2.05) is 0 Å². The molecule has 4 rings (SSSR count). The minimum absolute atomic E-state index is 0.0851. The van der Waals surface area contributed by atoms with E-state index in [0.29, 0.717) is 5.56 Å². The number of rotatable bonds is 6. The third kappa shape index (κ3) is 4.44. The fourth-order valence-electron chi connectivity index (χ4n) is 3.65. The lowest BCUT2D eigenvalue weighted by molar-refractivity contribution is -0.153. The Morgan fingerprint density at radius 3 is 2.33 bits per heavy atom. The summed E-state index contributed by atoms with van der Waals surface area (Å²) in [4.78, 5) is 31.3. The van der Waals surface area contributed by atoms with Crippen LogP contribution in [0.1, 0.15) is 48.1 Å². The van der Waals surface area contributed by atoms with Gasteiger partial charge in [0.1, 0.15) is 5.69 Å². The molecule has 0 amide bonds. The number of anilines is 1. The molecular formula is C25H25N3O7S. The summed E-state index contributed by atoms with van der Waals surface area (Å²) >= 11 is 0. The first kappa shape index (κ1) is 25.0. The normalized spacial score (nSPS) is 12.0. The number of sulfonamides is 1. The molecule has 0 spiro atoms. The molecule has 0 bridgehead atoms. The molecule has 188 valence electrons. The molecule has 0 fully saturated rings. The first-order chi connectivity index (χ1) is 16.8. The van der Waals surface area contributed by atoms with Crippen molar-refractivity contribution in [1.29, 1.82) is 0 Å². The molecule has 0 saturated carbocycles. The molecule has 11 heteroatoms. The van der Waals surface area contributed by atoms with E-state index in [-0.39, 0.29) is 38.5 Å². The Kier molecular flexibility index (Phi) is 6.13. The van der Waals surface area contributed by atoms with Gasteiger partial charge >= 0.3 is 5.97 Å². The summed E-state index contributed by atoms with van der Waals surface area (Å²) in [7, 11) is -4.07. The number of carbonyl (C=O) groups excluding carboxylic acids is 2. The van der Waals surface area contributed by atoms with Crippen LogP contribution in [-0.4, -0.2) is 35.2 Å². The average molecular weight is 512 g/mol. The number of nitrogens with one attached hydrogen (secondary N) is 1. The largest absolute Gasteiger partial charge is 0.492 e. The van der Waals surface area contributed by atoms with E-state index >= 15 is 0 Å². The number of benzene rings is 2. The Hall–Kier alpha value is -4.12. The zero-order chi connectivity index (χ0) is 26.4. The van der Waals surface area contributed by atoms with Crippen LogP contribution in [0.2, 0.25) is 0 Å². The van der Waals surface area contributed by atoms with Crippen molar-refractivity contribution in [1.82, 2.24) is 9.89 Å². The van der Waals surface area contributed by atoms with Crippen LogP contribution in [0.5, 0.6) is 5.88 Å². The van der Waals surface area contributed by atoms with Crippen LogP contribution in [-0.2, 0) is 14.8 Å². The number of aromatic hydroxyl groups is 1. The topological polar surface area (TPSA) is 141 Å². The predicted octanol–water partition coefficient (Wildman–Crippen LogP) is 3.98. The lowest BCUT2D eigenvalue weighted by Gasteiger charge is -2.17. The van der Waals surface area contributed by atoms with Gasteiger partial charge < -0.3 is 14.5 Å². The average Bonchev–Trinajstić information content (AvgIpc) is 3.29. The number of aryl methyl sites for hydroxylation is 2. The predicted molar refractivity (Wildman–Crippen MR) is 131 cm³/mol. The summed E-state index contributed by atoms with van der Waals surface area (Å²) in [5, 5.41) is 15.0. The smallest absolute Gasteiger partial charge is 0.338 e. The van der Waals surface area contributed by atoms with E-state index in [1.165, 1.54) is 32.0 Å². The molecular weight excluding hydrogens is 486 g/mol. The molecule has 2 aromatic heterocycles. The van der Waals surface area contributed by atoms with Crippen molar-refractivity contribution in [3.8, 4) is 5.88 Å². The fraction of sp³-hybridized carbons (Fsp3) is 0.240. The van der Waals surface area contributed by atoms with Crippen molar-refractivity contribution in [2.24, 2.45) is 5.41 Å². The zero-order valence-electron chi connectivity index (χ0n) is 20.3. The van der Waals surface area contributed by atoms with Crippen molar-refractivity contribution >= 4 is 38.4 Å². The van der Waals surface area contributed by atoms with Gasteiger partial charge in [-0.2, -0.15) is 0 Å². The number of nitrogens with zero attached hydrogens (tertiary/aromatic N) is 2. The molecule has 0 saturated heterocycles. The summed E-state index contributed by atoms with van der Waals surface area (Å²) < 4.78 is 34.2. The van der Waals surface area contributed by atoms with E-state index in [0.717, 1.165) is 4.73 Å². The van der Waals surface area contributed by atoms with E-state index < -0.39 is 33.1 Å². The summed E-state index contributed by atoms with van der Waals surface area (Å²) in [6, 6.07) is 12.6. The molecule has 2 heterocycles. The second-order valence-electron chi connectivity index (χ2n) is 9.31. The van der Waals surface area contributed by atoms with Crippen LogP contribution in [0.3, 0.4) is 0 Å². The first-order valence-corrected chi connectivity index (χ1v) is 12.4. The van der Waals surface area contributed by atoms with Gasteiger partial charge in [0.05, 0.1) is 22.2 Å². The van der Waals surface area contributed by atoms with Gasteiger partial charge in [0.15, 0.2) is 16.4 Å². The molecule has 0 radical (unpaired) electrons. The maximum atomic E-state index is 13.3. The minimum Gasteiger partial charge on any atom is -0.492 e. The summed E-state index contributed by atoms with van der Waals surface area (Å²) in [5.74, 6) is -1.62. The van der Waals surface area contributed by atoms with Crippen LogP contribution in [0, 0.1) is 19.3 Å². The number of hydrogen-bond acceptors (Lipinski definition) is 8. The summed E-state index contributed by atoms with van der Waals surface area (Å²) in [6.07, 6.45) is 0. The lowest BCUT2D eigenvalue weighted by Crippen LogP contribution is -2.31. The Morgan fingerprint density at radius 2 is 1.75 bits per heavy atom. The summed E-state index contributed by atoms with van der Waals surface area (Å²) in [5.41, 5.74) is -0.280. The van der Waals surface area contributed by atoms with Gasteiger partial charge in [0.25, 0.3) is 10.0 Å². The number of aromatic nitrogens is 2. The van der Waals surface area contributed by atoms with Crippen molar-refractivity contribution in [2.45, 2.75) is 39.5 Å². The highest BCUT2D eigenvalue weighted by atomic mass is 32.2. The van der Waals surface area contributed by atoms with Gasteiger partial charge in [-0.25, -0.2) is 13.2 Å². The molecule has 0 atom stereocenters. The highest BCUT2D eigenvalue weighted by Crippen LogP contribution is 2.35. The SMILES string of the molecule is Cc1noc(C)c1S(=O)(=O)Nc1ccc2c(C(=O)c3ccccc3)c(O)n(OC(=O)C(C)(C)C)c2c1. The Bertz CT molecular complexity index is 1570. The van der Waals surface area contributed by atoms with E-state index in [9.17, 15) is 23.1 Å². The number of hydrogen-bond donors (Lipinski definition) is 2. The molecule has 0 unspecified atom stereocenters. The van der Waals surface area contributed by atoms with E-state index in [2.05, 4.69) is 9.88 Å². The van der Waals surface area contributed by atoms with Crippen molar-refractivity contribution in [3.05, 3.63) is 71.1 Å². The minimum atomic E-state index is -4.07. The van der Waals surface area contributed by atoms with Crippen LogP contribution in [0.15, 0.2) is 57.9 Å². The summed E-state index contributed by atoms with van der Waals surface area (Å²) in [6.45, 7) is 7.89. The van der Waals surface area contributed by atoms with Gasteiger partial charge in [0, 0.05) is 10.9 Å². The van der Waals surface area contributed by atoms with Gasteiger partial charge in [0.2, 0.25) is 5.88 Å². The van der Waals surface area contributed by atoms with Gasteiger partial charge in [-0.05, 0) is 52.8 Å². The molecule has 10 nitrogen and oxygen atoms in total. The Balaban J connectivity index is 1.87. The number of carbonyl (C=O) groups is 2. The van der Waals surface area contributed by atoms with Crippen molar-refractivity contribution < 1.29 is 32.5 Å². The number of fused-ring (bicyclic) bond motifs is 1. The van der Waals surface area contributed by atoms with Crippen LogP contribution < -0.4 is 9.56 Å². The maximum absolute atomic E-state index is 13.3. The third-order valence-corrected chi connectivity index (χ3v) is 7.07. The molecule has 4 aromatic rings. The standard InChI is InChI=1S/C25H25N3O7S/c1-14-22(15(2)34-26-14)36(32,33)27-17-11-12-18-19(13-17)28(35-24(31)25(3,4)5)23(30)20(18)21(29)16-9-7-6-8-10-16/h6-13,27,30H,1-5H3. The van der Waals surface area contributed by atoms with Crippen molar-refractivity contribution in [3.63, 3.8) is 0 Å². The highest BCUT2D eigenvalue weighted by molar-refractivity contribution is 7.92. The molecule has 0 aliphatic carbocycles.